The SMILES string of the molecule is O=C([O-])Cc1cccnc1.[Li+]. The summed E-state index contributed by atoms with van der Waals surface area (Å²) in [7, 11) is 0. The zero-order valence-corrected chi connectivity index (χ0v) is 6.28. The Kier molecular flexibility index (Phi) is 4.59. The molecule has 0 fully saturated rings. The van der Waals surface area contributed by atoms with Crippen molar-refractivity contribution in [2.75, 3.05) is 0 Å². The van der Waals surface area contributed by atoms with Crippen LogP contribution in [0.5, 0.6) is 0 Å². The van der Waals surface area contributed by atoms with Gasteiger partial charge in [0.15, 0.2) is 0 Å². The molecule has 0 radical (unpaired) electrons. The van der Waals surface area contributed by atoms with Gasteiger partial charge in [0.25, 0.3) is 0 Å². The molecule has 0 unspecified atom stereocenters. The van der Waals surface area contributed by atoms with E-state index in [9.17, 15) is 9.90 Å². The van der Waals surface area contributed by atoms with Gasteiger partial charge in [-0.2, -0.15) is 0 Å². The number of pyridine rings is 1. The standard InChI is InChI=1S/C7H7NO2.Li/c9-7(10)4-6-2-1-3-8-5-6;/h1-3,5H,4H2,(H,9,10);/q;+1/p-1. The molecule has 4 heteroatoms. The van der Waals surface area contributed by atoms with Gasteiger partial charge in [-0.3, -0.25) is 4.98 Å². The van der Waals surface area contributed by atoms with Crippen LogP contribution in [0.4, 0.5) is 0 Å². The second-order valence-corrected chi connectivity index (χ2v) is 1.91. The number of nitrogens with zero attached hydrogens (tertiary/aromatic N) is 1. The van der Waals surface area contributed by atoms with Crippen molar-refractivity contribution < 1.29 is 28.8 Å². The van der Waals surface area contributed by atoms with Gasteiger partial charge in [0.1, 0.15) is 0 Å². The third-order valence-corrected chi connectivity index (χ3v) is 1.07. The maximum absolute atomic E-state index is 10.0. The second-order valence-electron chi connectivity index (χ2n) is 1.91. The van der Waals surface area contributed by atoms with Crippen LogP contribution in [0.1, 0.15) is 5.56 Å². The molecule has 0 aromatic carbocycles. The van der Waals surface area contributed by atoms with Crippen LogP contribution in [0.15, 0.2) is 24.5 Å². The van der Waals surface area contributed by atoms with Crippen molar-refractivity contribution >= 4 is 5.97 Å². The van der Waals surface area contributed by atoms with E-state index >= 15 is 0 Å². The molecule has 0 bridgehead atoms. The summed E-state index contributed by atoms with van der Waals surface area (Å²) in [5, 5.41) is 10.0. The molecule has 0 saturated carbocycles. The first-order valence-electron chi connectivity index (χ1n) is 2.88. The van der Waals surface area contributed by atoms with Crippen molar-refractivity contribution in [3.8, 4) is 0 Å². The minimum Gasteiger partial charge on any atom is -0.550 e. The van der Waals surface area contributed by atoms with Crippen LogP contribution in [-0.2, 0) is 11.2 Å². The number of rotatable bonds is 2. The van der Waals surface area contributed by atoms with Crippen LogP contribution < -0.4 is 24.0 Å². The minimum atomic E-state index is -1.08. The van der Waals surface area contributed by atoms with Gasteiger partial charge in [0.05, 0.1) is 0 Å². The maximum Gasteiger partial charge on any atom is 1.00 e. The molecule has 0 spiro atoms. The molecule has 0 aliphatic carbocycles. The first kappa shape index (κ1) is 10.2. The van der Waals surface area contributed by atoms with Crippen molar-refractivity contribution in [1.82, 2.24) is 4.98 Å². The first-order chi connectivity index (χ1) is 4.79. The van der Waals surface area contributed by atoms with Gasteiger partial charge in [-0.15, -0.1) is 0 Å². The molecule has 0 atom stereocenters. The number of carbonyl (C=O) groups is 1. The molecule has 3 nitrogen and oxygen atoms in total. The van der Waals surface area contributed by atoms with E-state index in [2.05, 4.69) is 4.98 Å². The predicted octanol–water partition coefficient (Wildman–Crippen LogP) is -3.62. The van der Waals surface area contributed by atoms with Crippen LogP contribution >= 0.6 is 0 Å². The Balaban J connectivity index is 0.000001000. The molecule has 0 amide bonds. The summed E-state index contributed by atoms with van der Waals surface area (Å²) in [6.45, 7) is 0. The maximum atomic E-state index is 10.0. The predicted molar refractivity (Wildman–Crippen MR) is 32.9 cm³/mol. The summed E-state index contributed by atoms with van der Waals surface area (Å²) in [6, 6.07) is 3.39. The van der Waals surface area contributed by atoms with E-state index in [4.69, 9.17) is 0 Å². The Morgan fingerprint density at radius 2 is 2.36 bits per heavy atom. The molecule has 0 N–H and O–H groups in total. The Hall–Kier alpha value is -0.783. The van der Waals surface area contributed by atoms with Gasteiger partial charge in [-0.05, 0) is 11.6 Å². The number of carbonyl (C=O) groups excluding carboxylic acids is 1. The minimum absolute atomic E-state index is 0. The number of carboxylic acid groups (broad SMARTS) is 1. The van der Waals surface area contributed by atoms with Gasteiger partial charge < -0.3 is 9.90 Å². The normalized spacial score (nSPS) is 8.36. The fraction of sp³-hybridized carbons (Fsp3) is 0.143. The molecule has 1 aromatic rings. The Labute approximate surface area is 76.6 Å². The molecule has 1 aromatic heterocycles. The monoisotopic (exact) mass is 143 g/mol. The molecule has 1 rings (SSSR count). The largest absolute Gasteiger partial charge is 1.00 e. The zero-order valence-electron chi connectivity index (χ0n) is 6.28. The second kappa shape index (κ2) is 4.95. The van der Waals surface area contributed by atoms with Gasteiger partial charge in [-0.25, -0.2) is 0 Å². The molecule has 0 aliphatic rings. The van der Waals surface area contributed by atoms with Gasteiger partial charge in [-0.1, -0.05) is 6.07 Å². The van der Waals surface area contributed by atoms with Crippen LogP contribution in [0, 0.1) is 0 Å². The molecule has 0 saturated heterocycles. The van der Waals surface area contributed by atoms with Crippen molar-refractivity contribution in [3.05, 3.63) is 30.1 Å². The number of carboxylic acids is 1. The quantitative estimate of drug-likeness (QED) is 0.401. The average molecular weight is 143 g/mol. The number of aromatic nitrogens is 1. The molecule has 11 heavy (non-hydrogen) atoms. The van der Waals surface area contributed by atoms with Crippen molar-refractivity contribution in [3.63, 3.8) is 0 Å². The third-order valence-electron chi connectivity index (χ3n) is 1.07. The first-order valence-corrected chi connectivity index (χ1v) is 2.88. The van der Waals surface area contributed by atoms with E-state index in [0.717, 1.165) is 0 Å². The number of hydrogen-bond acceptors (Lipinski definition) is 3. The summed E-state index contributed by atoms with van der Waals surface area (Å²) in [6.07, 6.45) is 3.04. The van der Waals surface area contributed by atoms with Crippen molar-refractivity contribution in [1.29, 1.82) is 0 Å². The molecule has 52 valence electrons. The fourth-order valence-corrected chi connectivity index (χ4v) is 0.669. The van der Waals surface area contributed by atoms with E-state index < -0.39 is 5.97 Å². The van der Waals surface area contributed by atoms with E-state index in [1.807, 2.05) is 0 Å². The summed E-state index contributed by atoms with van der Waals surface area (Å²) in [5.41, 5.74) is 0.669. The van der Waals surface area contributed by atoms with Gasteiger partial charge >= 0.3 is 18.9 Å². The van der Waals surface area contributed by atoms with Gasteiger partial charge in [0.2, 0.25) is 0 Å². The van der Waals surface area contributed by atoms with E-state index in [1.54, 1.807) is 18.3 Å². The average Bonchev–Trinajstić information content (AvgIpc) is 1.88. The van der Waals surface area contributed by atoms with E-state index in [-0.39, 0.29) is 25.3 Å². The fourth-order valence-electron chi connectivity index (χ4n) is 0.669. The van der Waals surface area contributed by atoms with Gasteiger partial charge in [0, 0.05) is 24.8 Å². The number of aliphatic carboxylic acids is 1. The van der Waals surface area contributed by atoms with E-state index in [0.29, 0.717) is 5.56 Å². The topological polar surface area (TPSA) is 53.0 Å². The smallest absolute Gasteiger partial charge is 0.550 e. The van der Waals surface area contributed by atoms with Crippen LogP contribution in [0.25, 0.3) is 0 Å². The summed E-state index contributed by atoms with van der Waals surface area (Å²) in [4.78, 5) is 13.8. The van der Waals surface area contributed by atoms with Crippen LogP contribution in [0.3, 0.4) is 0 Å². The third kappa shape index (κ3) is 3.82. The molecule has 0 aliphatic heterocycles. The Morgan fingerprint density at radius 1 is 1.64 bits per heavy atom. The molecule has 1 heterocycles. The van der Waals surface area contributed by atoms with Crippen molar-refractivity contribution in [2.24, 2.45) is 0 Å². The van der Waals surface area contributed by atoms with Crippen LogP contribution in [0.2, 0.25) is 0 Å². The molecular weight excluding hydrogens is 137 g/mol. The van der Waals surface area contributed by atoms with E-state index in [1.165, 1.54) is 6.20 Å². The van der Waals surface area contributed by atoms with Crippen molar-refractivity contribution in [2.45, 2.75) is 6.42 Å². The summed E-state index contributed by atoms with van der Waals surface area (Å²) >= 11 is 0. The Bertz CT molecular complexity index is 225. The molecular formula is C7H6LiNO2. The van der Waals surface area contributed by atoms with Crippen LogP contribution in [-0.4, -0.2) is 11.0 Å². The zero-order chi connectivity index (χ0) is 7.40. The number of hydrogen-bond donors (Lipinski definition) is 0. The summed E-state index contributed by atoms with van der Waals surface area (Å²) in [5.74, 6) is -1.08. The summed E-state index contributed by atoms with van der Waals surface area (Å²) < 4.78 is 0. The Morgan fingerprint density at radius 3 is 2.82 bits per heavy atom.